The predicted octanol–water partition coefficient (Wildman–Crippen LogP) is 3.41. The van der Waals surface area contributed by atoms with E-state index in [1.807, 2.05) is 0 Å². The Morgan fingerprint density at radius 2 is 1.50 bits per heavy atom. The summed E-state index contributed by atoms with van der Waals surface area (Å²) in [5, 5.41) is 0. The summed E-state index contributed by atoms with van der Waals surface area (Å²) in [4.78, 5) is 0. The summed E-state index contributed by atoms with van der Waals surface area (Å²) < 4.78 is 0. The SMILES string of the molecule is C1=CC2CC3C4C=CC(C4)C3CC2C1. The van der Waals surface area contributed by atoms with Crippen LogP contribution in [0, 0.1) is 35.5 Å². The van der Waals surface area contributed by atoms with Gasteiger partial charge < -0.3 is 0 Å². The van der Waals surface area contributed by atoms with E-state index in [4.69, 9.17) is 0 Å². The third kappa shape index (κ3) is 0.852. The fraction of sp³-hybridized carbons (Fsp3) is 0.714. The summed E-state index contributed by atoms with van der Waals surface area (Å²) in [5.74, 6) is 6.08. The van der Waals surface area contributed by atoms with Crippen molar-refractivity contribution in [3.05, 3.63) is 24.3 Å². The minimum Gasteiger partial charge on any atom is -0.0880 e. The molecule has 0 aromatic heterocycles. The lowest BCUT2D eigenvalue weighted by Crippen LogP contribution is -2.31. The average molecular weight is 186 g/mol. The van der Waals surface area contributed by atoms with E-state index in [0.717, 1.165) is 35.5 Å². The largest absolute Gasteiger partial charge is 0.0880 e. The Bertz CT molecular complexity index is 312. The second-order valence-corrected chi connectivity index (χ2v) is 5.84. The molecule has 14 heavy (non-hydrogen) atoms. The van der Waals surface area contributed by atoms with E-state index < -0.39 is 0 Å². The van der Waals surface area contributed by atoms with E-state index in [9.17, 15) is 0 Å². The van der Waals surface area contributed by atoms with Crippen LogP contribution in [0.4, 0.5) is 0 Å². The Labute approximate surface area is 86.1 Å². The van der Waals surface area contributed by atoms with E-state index in [1.54, 1.807) is 0 Å². The molecule has 0 aliphatic heterocycles. The normalized spacial score (nSPS) is 57.7. The summed E-state index contributed by atoms with van der Waals surface area (Å²) in [5.41, 5.74) is 0. The fourth-order valence-electron chi connectivity index (χ4n) is 4.69. The highest BCUT2D eigenvalue weighted by Gasteiger charge is 2.49. The van der Waals surface area contributed by atoms with E-state index in [0.29, 0.717) is 0 Å². The van der Waals surface area contributed by atoms with Crippen molar-refractivity contribution in [2.24, 2.45) is 35.5 Å². The molecule has 0 N–H and O–H groups in total. The van der Waals surface area contributed by atoms with Crippen molar-refractivity contribution in [3.63, 3.8) is 0 Å². The summed E-state index contributed by atoms with van der Waals surface area (Å²) >= 11 is 0. The lowest BCUT2D eigenvalue weighted by atomic mass is 9.66. The van der Waals surface area contributed by atoms with E-state index in [-0.39, 0.29) is 0 Å². The Balaban J connectivity index is 1.66. The van der Waals surface area contributed by atoms with E-state index in [2.05, 4.69) is 24.3 Å². The molecule has 4 aliphatic rings. The molecular weight excluding hydrogens is 168 g/mol. The van der Waals surface area contributed by atoms with Crippen molar-refractivity contribution in [2.75, 3.05) is 0 Å². The quantitative estimate of drug-likeness (QED) is 0.509. The number of fused-ring (bicyclic) bond motifs is 6. The van der Waals surface area contributed by atoms with Gasteiger partial charge in [-0.05, 0) is 61.2 Å². The molecule has 6 unspecified atom stereocenters. The molecule has 0 aromatic rings. The molecule has 6 atom stereocenters. The van der Waals surface area contributed by atoms with Crippen LogP contribution in [-0.2, 0) is 0 Å². The van der Waals surface area contributed by atoms with Gasteiger partial charge in [0, 0.05) is 0 Å². The maximum Gasteiger partial charge on any atom is -0.0196 e. The number of hydrogen-bond donors (Lipinski definition) is 0. The topological polar surface area (TPSA) is 0 Å². The van der Waals surface area contributed by atoms with Gasteiger partial charge >= 0.3 is 0 Å². The van der Waals surface area contributed by atoms with Crippen molar-refractivity contribution >= 4 is 0 Å². The van der Waals surface area contributed by atoms with Crippen LogP contribution in [0.5, 0.6) is 0 Å². The molecule has 0 heteroatoms. The van der Waals surface area contributed by atoms with Crippen LogP contribution < -0.4 is 0 Å². The van der Waals surface area contributed by atoms with Crippen LogP contribution in [0.3, 0.4) is 0 Å². The summed E-state index contributed by atoms with van der Waals surface area (Å²) in [7, 11) is 0. The minimum absolute atomic E-state index is 0.962. The Morgan fingerprint density at radius 1 is 0.714 bits per heavy atom. The molecule has 74 valence electrons. The first-order valence-corrected chi connectivity index (χ1v) is 6.27. The van der Waals surface area contributed by atoms with Crippen molar-refractivity contribution in [2.45, 2.75) is 25.7 Å². The van der Waals surface area contributed by atoms with Gasteiger partial charge in [0.1, 0.15) is 0 Å². The van der Waals surface area contributed by atoms with Crippen molar-refractivity contribution in [3.8, 4) is 0 Å². The zero-order valence-corrected chi connectivity index (χ0v) is 8.60. The van der Waals surface area contributed by atoms with E-state index >= 15 is 0 Å². The molecule has 2 bridgehead atoms. The minimum atomic E-state index is 0.962. The van der Waals surface area contributed by atoms with Crippen molar-refractivity contribution in [1.29, 1.82) is 0 Å². The molecule has 2 saturated carbocycles. The monoisotopic (exact) mass is 186 g/mol. The van der Waals surface area contributed by atoms with Gasteiger partial charge in [-0.3, -0.25) is 0 Å². The van der Waals surface area contributed by atoms with Crippen LogP contribution >= 0.6 is 0 Å². The third-order valence-electron chi connectivity index (χ3n) is 5.35. The van der Waals surface area contributed by atoms with Crippen LogP contribution in [0.25, 0.3) is 0 Å². The highest BCUT2D eigenvalue weighted by Crippen LogP contribution is 2.57. The molecule has 0 spiro atoms. The average Bonchev–Trinajstić information content (AvgIpc) is 2.90. The van der Waals surface area contributed by atoms with Crippen LogP contribution in [-0.4, -0.2) is 0 Å². The second kappa shape index (κ2) is 2.53. The zero-order valence-electron chi connectivity index (χ0n) is 8.60. The lowest BCUT2D eigenvalue weighted by molar-refractivity contribution is 0.137. The first-order chi connectivity index (χ1) is 6.92. The Morgan fingerprint density at radius 3 is 2.36 bits per heavy atom. The molecule has 0 nitrogen and oxygen atoms in total. The highest BCUT2D eigenvalue weighted by molar-refractivity contribution is 5.17. The van der Waals surface area contributed by atoms with Gasteiger partial charge in [-0.2, -0.15) is 0 Å². The van der Waals surface area contributed by atoms with Crippen LogP contribution in [0.15, 0.2) is 24.3 Å². The first-order valence-electron chi connectivity index (χ1n) is 6.27. The van der Waals surface area contributed by atoms with Crippen molar-refractivity contribution < 1.29 is 0 Å². The number of rotatable bonds is 0. The van der Waals surface area contributed by atoms with Gasteiger partial charge in [-0.1, -0.05) is 24.3 Å². The van der Waals surface area contributed by atoms with Gasteiger partial charge in [-0.15, -0.1) is 0 Å². The fourth-order valence-corrected chi connectivity index (χ4v) is 4.69. The Kier molecular flexibility index (Phi) is 1.40. The molecule has 4 aliphatic carbocycles. The summed E-state index contributed by atoms with van der Waals surface area (Å²) in [6.07, 6.45) is 15.9. The maximum atomic E-state index is 2.52. The second-order valence-electron chi connectivity index (χ2n) is 5.84. The standard InChI is InChI=1S/C14H18/c1-2-9-7-13-11-4-5-12(6-11)14(13)8-10(9)3-1/h1-2,4-5,9-14H,3,6-8H2. The number of hydrogen-bond acceptors (Lipinski definition) is 0. The first kappa shape index (κ1) is 7.73. The smallest absolute Gasteiger partial charge is 0.0196 e. The van der Waals surface area contributed by atoms with E-state index in [1.165, 1.54) is 25.7 Å². The molecular formula is C14H18. The van der Waals surface area contributed by atoms with Gasteiger partial charge in [0.05, 0.1) is 0 Å². The zero-order chi connectivity index (χ0) is 9.12. The molecule has 0 saturated heterocycles. The van der Waals surface area contributed by atoms with Crippen LogP contribution in [0.1, 0.15) is 25.7 Å². The number of allylic oxidation sites excluding steroid dienone is 4. The van der Waals surface area contributed by atoms with Crippen LogP contribution in [0.2, 0.25) is 0 Å². The molecule has 0 heterocycles. The van der Waals surface area contributed by atoms with Crippen molar-refractivity contribution in [1.82, 2.24) is 0 Å². The van der Waals surface area contributed by atoms with Gasteiger partial charge in [0.2, 0.25) is 0 Å². The summed E-state index contributed by atoms with van der Waals surface area (Å²) in [6.45, 7) is 0. The Hall–Kier alpha value is -0.520. The third-order valence-corrected chi connectivity index (χ3v) is 5.35. The van der Waals surface area contributed by atoms with Gasteiger partial charge in [0.25, 0.3) is 0 Å². The summed E-state index contributed by atoms with van der Waals surface area (Å²) in [6, 6.07) is 0. The van der Waals surface area contributed by atoms with Gasteiger partial charge in [-0.25, -0.2) is 0 Å². The highest BCUT2D eigenvalue weighted by atomic mass is 14.5. The molecule has 0 amide bonds. The lowest BCUT2D eigenvalue weighted by Gasteiger charge is -2.39. The van der Waals surface area contributed by atoms with Gasteiger partial charge in [0.15, 0.2) is 0 Å². The molecule has 2 fully saturated rings. The predicted molar refractivity (Wildman–Crippen MR) is 57.7 cm³/mol. The molecule has 4 rings (SSSR count). The maximum absolute atomic E-state index is 2.52. The molecule has 0 aromatic carbocycles. The molecule has 0 radical (unpaired) electrons.